The number of aromatic nitrogens is 2. The first kappa shape index (κ1) is 19.6. The highest BCUT2D eigenvalue weighted by Gasteiger charge is 2.36. The number of nitrogens with zero attached hydrogens (tertiary/aromatic N) is 2. The van der Waals surface area contributed by atoms with Crippen LogP contribution in [-0.4, -0.2) is 38.8 Å². The largest absolute Gasteiger partial charge is 0.394 e. The molecule has 0 radical (unpaired) electrons. The Hall–Kier alpha value is -2.70. The van der Waals surface area contributed by atoms with Crippen LogP contribution in [0.2, 0.25) is 5.02 Å². The summed E-state index contributed by atoms with van der Waals surface area (Å²) < 4.78 is 13.3. The van der Waals surface area contributed by atoms with Gasteiger partial charge in [-0.15, -0.1) is 0 Å². The number of hydrogen-bond acceptors (Lipinski definition) is 3. The molecule has 1 amide bonds. The summed E-state index contributed by atoms with van der Waals surface area (Å²) in [4.78, 5) is 14.9. The lowest BCUT2D eigenvalue weighted by Gasteiger charge is -2.42. The lowest BCUT2D eigenvalue weighted by atomic mass is 9.84. The number of halogens is 2. The van der Waals surface area contributed by atoms with Crippen LogP contribution in [0.25, 0.3) is 11.1 Å². The normalized spacial score (nSPS) is 18.6. The summed E-state index contributed by atoms with van der Waals surface area (Å²) in [5, 5.41) is 17.1. The van der Waals surface area contributed by atoms with E-state index in [0.29, 0.717) is 12.0 Å². The quantitative estimate of drug-likeness (QED) is 0.681. The number of rotatable bonds is 4. The van der Waals surface area contributed by atoms with Gasteiger partial charge in [-0.3, -0.25) is 9.89 Å². The molecule has 29 heavy (non-hydrogen) atoms. The number of aromatic amines is 1. The number of carbonyl (C=O) groups excluding carboxylic acids is 1. The van der Waals surface area contributed by atoms with Crippen molar-refractivity contribution in [2.45, 2.75) is 31.8 Å². The van der Waals surface area contributed by atoms with E-state index in [1.54, 1.807) is 11.1 Å². The molecule has 5 nitrogen and oxygen atoms in total. The predicted molar refractivity (Wildman–Crippen MR) is 109 cm³/mol. The van der Waals surface area contributed by atoms with Crippen LogP contribution in [0.1, 0.15) is 29.7 Å². The fourth-order valence-electron chi connectivity index (χ4n) is 4.18. The van der Waals surface area contributed by atoms with E-state index in [9.17, 15) is 14.3 Å². The smallest absolute Gasteiger partial charge is 0.227 e. The van der Waals surface area contributed by atoms with Crippen LogP contribution in [-0.2, 0) is 17.6 Å². The molecule has 3 aromatic rings. The molecule has 150 valence electrons. The Morgan fingerprint density at radius 1 is 1.38 bits per heavy atom. The van der Waals surface area contributed by atoms with E-state index in [2.05, 4.69) is 10.2 Å². The monoisotopic (exact) mass is 413 g/mol. The zero-order valence-corrected chi connectivity index (χ0v) is 16.7. The Kier molecular flexibility index (Phi) is 5.39. The Morgan fingerprint density at radius 2 is 2.21 bits per heavy atom. The van der Waals surface area contributed by atoms with E-state index in [1.807, 2.05) is 31.3 Å². The number of amides is 1. The fraction of sp³-hybridized carbons (Fsp3) is 0.273. The van der Waals surface area contributed by atoms with Crippen molar-refractivity contribution < 1.29 is 14.3 Å². The molecule has 2 aromatic carbocycles. The van der Waals surface area contributed by atoms with E-state index < -0.39 is 5.82 Å². The second kappa shape index (κ2) is 7.97. The highest BCUT2D eigenvalue weighted by Crippen LogP contribution is 2.38. The Bertz CT molecular complexity index is 1040. The molecule has 0 bridgehead atoms. The summed E-state index contributed by atoms with van der Waals surface area (Å²) in [5.74, 6) is -0.587. The number of benzene rings is 2. The first-order chi connectivity index (χ1) is 14.0. The molecular formula is C22H21ClFN3O2. The third-order valence-corrected chi connectivity index (χ3v) is 5.93. The second-order valence-corrected chi connectivity index (χ2v) is 7.70. The number of hydrogen-bond donors (Lipinski definition) is 2. The van der Waals surface area contributed by atoms with Gasteiger partial charge in [0.2, 0.25) is 5.91 Å². The number of nitrogens with one attached hydrogen (secondary N) is 1. The van der Waals surface area contributed by atoms with Crippen LogP contribution in [0.4, 0.5) is 4.39 Å². The Morgan fingerprint density at radius 3 is 2.90 bits per heavy atom. The highest BCUT2D eigenvalue weighted by molar-refractivity contribution is 6.31. The van der Waals surface area contributed by atoms with Gasteiger partial charge >= 0.3 is 0 Å². The third kappa shape index (κ3) is 3.66. The summed E-state index contributed by atoms with van der Waals surface area (Å²) in [6, 6.07) is 9.48. The Balaban J connectivity index is 1.67. The van der Waals surface area contributed by atoms with Crippen molar-refractivity contribution in [3.05, 3.63) is 76.3 Å². The summed E-state index contributed by atoms with van der Waals surface area (Å²) in [6.07, 6.45) is 4.20. The zero-order valence-electron chi connectivity index (χ0n) is 15.9. The number of aliphatic hydroxyl groups excluding tert-OH is 1. The van der Waals surface area contributed by atoms with Crippen molar-refractivity contribution in [2.24, 2.45) is 0 Å². The summed E-state index contributed by atoms with van der Waals surface area (Å²) in [6.45, 7) is 1.82. The second-order valence-electron chi connectivity index (χ2n) is 7.29. The lowest BCUT2D eigenvalue weighted by Crippen LogP contribution is -2.49. The van der Waals surface area contributed by atoms with Gasteiger partial charge in [0.05, 0.1) is 31.3 Å². The van der Waals surface area contributed by atoms with E-state index in [1.165, 1.54) is 18.2 Å². The molecule has 0 saturated carbocycles. The van der Waals surface area contributed by atoms with Gasteiger partial charge in [-0.1, -0.05) is 35.9 Å². The Labute approximate surface area is 173 Å². The van der Waals surface area contributed by atoms with Gasteiger partial charge in [0, 0.05) is 16.8 Å². The molecule has 2 heterocycles. The topological polar surface area (TPSA) is 69.2 Å². The van der Waals surface area contributed by atoms with Gasteiger partial charge in [0.1, 0.15) is 5.82 Å². The van der Waals surface area contributed by atoms with Crippen molar-refractivity contribution in [3.8, 4) is 11.1 Å². The zero-order chi connectivity index (χ0) is 20.5. The van der Waals surface area contributed by atoms with E-state index in [4.69, 9.17) is 11.6 Å². The molecule has 0 spiro atoms. The van der Waals surface area contributed by atoms with Crippen molar-refractivity contribution >= 4 is 17.5 Å². The van der Waals surface area contributed by atoms with E-state index in [0.717, 1.165) is 22.3 Å². The molecule has 1 aliphatic heterocycles. The maximum absolute atomic E-state index is 13.3. The molecule has 7 heteroatoms. The van der Waals surface area contributed by atoms with Gasteiger partial charge in [0.25, 0.3) is 0 Å². The van der Waals surface area contributed by atoms with Gasteiger partial charge in [0.15, 0.2) is 0 Å². The SMILES string of the molecule is C[C@H]1c2cccc(-c3cn[nH]c3)c2C[C@H](CO)N1C(=O)Cc1ccc(F)cc1Cl. The van der Waals surface area contributed by atoms with Gasteiger partial charge < -0.3 is 10.0 Å². The molecule has 4 rings (SSSR count). The first-order valence-electron chi connectivity index (χ1n) is 9.46. The van der Waals surface area contributed by atoms with Gasteiger partial charge in [-0.25, -0.2) is 4.39 Å². The molecule has 2 N–H and O–H groups in total. The number of fused-ring (bicyclic) bond motifs is 1. The van der Waals surface area contributed by atoms with E-state index >= 15 is 0 Å². The standard InChI is InChI=1S/C22H21ClFN3O2/c1-13-18-3-2-4-19(15-10-25-26-11-15)20(18)9-17(12-28)27(13)22(29)7-14-5-6-16(24)8-21(14)23/h2-6,8,10-11,13,17,28H,7,9,12H2,1H3,(H,25,26)/t13-,17+/m0/s1. The average Bonchev–Trinajstić information content (AvgIpc) is 3.24. The number of aliphatic hydroxyl groups is 1. The number of carbonyl (C=O) groups is 1. The minimum Gasteiger partial charge on any atom is -0.394 e. The minimum absolute atomic E-state index is 0.0523. The summed E-state index contributed by atoms with van der Waals surface area (Å²) >= 11 is 6.11. The molecule has 0 saturated heterocycles. The van der Waals surface area contributed by atoms with Crippen LogP contribution >= 0.6 is 11.6 Å². The van der Waals surface area contributed by atoms with Crippen molar-refractivity contribution in [3.63, 3.8) is 0 Å². The molecule has 0 unspecified atom stereocenters. The number of H-pyrrole nitrogens is 1. The van der Waals surface area contributed by atoms with Crippen molar-refractivity contribution in [1.29, 1.82) is 0 Å². The maximum Gasteiger partial charge on any atom is 0.227 e. The van der Waals surface area contributed by atoms with Crippen molar-refractivity contribution in [1.82, 2.24) is 15.1 Å². The van der Waals surface area contributed by atoms with Crippen LogP contribution in [0.3, 0.4) is 0 Å². The fourth-order valence-corrected chi connectivity index (χ4v) is 4.42. The summed E-state index contributed by atoms with van der Waals surface area (Å²) in [5.41, 5.74) is 4.76. The van der Waals surface area contributed by atoms with Crippen molar-refractivity contribution in [2.75, 3.05) is 6.61 Å². The van der Waals surface area contributed by atoms with Crippen LogP contribution in [0.15, 0.2) is 48.8 Å². The van der Waals surface area contributed by atoms with Crippen LogP contribution in [0.5, 0.6) is 0 Å². The third-order valence-electron chi connectivity index (χ3n) is 5.58. The van der Waals surface area contributed by atoms with Crippen LogP contribution < -0.4 is 0 Å². The first-order valence-corrected chi connectivity index (χ1v) is 9.84. The molecule has 1 aromatic heterocycles. The lowest BCUT2D eigenvalue weighted by molar-refractivity contribution is -0.137. The molecular weight excluding hydrogens is 393 g/mol. The summed E-state index contributed by atoms with van der Waals surface area (Å²) in [7, 11) is 0. The molecule has 0 aliphatic carbocycles. The molecule has 1 aliphatic rings. The van der Waals surface area contributed by atoms with Crippen LogP contribution in [0, 0.1) is 5.82 Å². The van der Waals surface area contributed by atoms with Gasteiger partial charge in [-0.05, 0) is 47.7 Å². The van der Waals surface area contributed by atoms with E-state index in [-0.39, 0.29) is 36.0 Å². The average molecular weight is 414 g/mol. The maximum atomic E-state index is 13.3. The molecule has 2 atom stereocenters. The van der Waals surface area contributed by atoms with Gasteiger partial charge in [-0.2, -0.15) is 5.10 Å². The minimum atomic E-state index is -0.438. The molecule has 0 fully saturated rings. The highest BCUT2D eigenvalue weighted by atomic mass is 35.5. The predicted octanol–water partition coefficient (Wildman–Crippen LogP) is 3.92.